The number of hydrogen-bond acceptors (Lipinski definition) is 4. The molecule has 4 nitrogen and oxygen atoms in total. The zero-order valence-corrected chi connectivity index (χ0v) is 15.4. The Balaban J connectivity index is 1.91. The van der Waals surface area contributed by atoms with Gasteiger partial charge in [-0.05, 0) is 24.6 Å². The van der Waals surface area contributed by atoms with Gasteiger partial charge in [-0.2, -0.15) is 0 Å². The van der Waals surface area contributed by atoms with Crippen LogP contribution in [0.15, 0.2) is 59.5 Å². The molecule has 0 aliphatic heterocycles. The summed E-state index contributed by atoms with van der Waals surface area (Å²) in [6.07, 6.45) is 0.301. The minimum absolute atomic E-state index is 0.0735. The molecule has 0 saturated carbocycles. The Bertz CT molecular complexity index is 724. The Morgan fingerprint density at radius 2 is 1.81 bits per heavy atom. The summed E-state index contributed by atoms with van der Waals surface area (Å²) >= 11 is 1.29. The molecular formula is C20H22FNO3S. The number of hydrogen-bond donors (Lipinski definition) is 1. The maximum atomic E-state index is 13.6. The van der Waals surface area contributed by atoms with Crippen molar-refractivity contribution in [2.24, 2.45) is 0 Å². The second-order valence-electron chi connectivity index (χ2n) is 5.57. The van der Waals surface area contributed by atoms with E-state index in [0.29, 0.717) is 17.3 Å². The fraction of sp³-hybridized carbons (Fsp3) is 0.300. The lowest BCUT2D eigenvalue weighted by Gasteiger charge is -2.18. The van der Waals surface area contributed by atoms with Crippen LogP contribution in [0, 0.1) is 5.82 Å². The summed E-state index contributed by atoms with van der Waals surface area (Å²) < 4.78 is 18.6. The van der Waals surface area contributed by atoms with Gasteiger partial charge in [0.25, 0.3) is 0 Å². The number of ether oxygens (including phenoxy) is 1. The van der Waals surface area contributed by atoms with Gasteiger partial charge in [0.1, 0.15) is 5.82 Å². The molecule has 1 unspecified atom stereocenters. The number of carbonyl (C=O) groups excluding carboxylic acids is 2. The van der Waals surface area contributed by atoms with Gasteiger partial charge in [0.05, 0.1) is 19.1 Å². The van der Waals surface area contributed by atoms with Crippen molar-refractivity contribution in [1.82, 2.24) is 5.32 Å². The molecule has 0 bridgehead atoms. The molecule has 0 aliphatic carbocycles. The van der Waals surface area contributed by atoms with Crippen LogP contribution in [0.25, 0.3) is 0 Å². The fourth-order valence-electron chi connectivity index (χ4n) is 2.41. The molecular weight excluding hydrogens is 353 g/mol. The highest BCUT2D eigenvalue weighted by atomic mass is 32.2. The third kappa shape index (κ3) is 6.52. The smallest absolute Gasteiger partial charge is 0.308 e. The van der Waals surface area contributed by atoms with Gasteiger partial charge in [0, 0.05) is 17.1 Å². The molecule has 1 N–H and O–H groups in total. The van der Waals surface area contributed by atoms with Gasteiger partial charge in [-0.25, -0.2) is 4.39 Å². The standard InChI is InChI=1S/C20H22FNO3S/c1-2-25-20(24)14-17(15-8-4-3-5-9-15)22-19(23)12-13-26-18-11-7-6-10-16(18)21/h3-11,17H,2,12-14H2,1H3,(H,22,23). The Morgan fingerprint density at radius 1 is 1.12 bits per heavy atom. The third-order valence-corrected chi connectivity index (χ3v) is 4.69. The lowest BCUT2D eigenvalue weighted by molar-refractivity contribution is -0.143. The summed E-state index contributed by atoms with van der Waals surface area (Å²) in [6, 6.07) is 15.3. The Hall–Kier alpha value is -2.34. The number of thioether (sulfide) groups is 1. The van der Waals surface area contributed by atoms with E-state index in [1.165, 1.54) is 17.8 Å². The van der Waals surface area contributed by atoms with E-state index in [2.05, 4.69) is 5.32 Å². The minimum atomic E-state index is -0.443. The molecule has 0 heterocycles. The Kier molecular flexibility index (Phi) is 8.15. The molecule has 2 aromatic carbocycles. The van der Waals surface area contributed by atoms with Crippen molar-refractivity contribution in [2.45, 2.75) is 30.7 Å². The van der Waals surface area contributed by atoms with E-state index in [-0.39, 0.29) is 30.5 Å². The number of esters is 1. The predicted molar refractivity (Wildman–Crippen MR) is 100 cm³/mol. The van der Waals surface area contributed by atoms with Gasteiger partial charge >= 0.3 is 5.97 Å². The first-order valence-corrected chi connectivity index (χ1v) is 9.46. The highest BCUT2D eigenvalue weighted by molar-refractivity contribution is 7.99. The van der Waals surface area contributed by atoms with Gasteiger partial charge in [-0.1, -0.05) is 42.5 Å². The van der Waals surface area contributed by atoms with E-state index >= 15 is 0 Å². The molecule has 1 atom stereocenters. The molecule has 0 spiro atoms. The van der Waals surface area contributed by atoms with Crippen molar-refractivity contribution in [3.8, 4) is 0 Å². The summed E-state index contributed by atoms with van der Waals surface area (Å²) in [5.41, 5.74) is 0.843. The Labute approximate surface area is 157 Å². The van der Waals surface area contributed by atoms with Gasteiger partial charge < -0.3 is 10.1 Å². The zero-order valence-electron chi connectivity index (χ0n) is 14.6. The lowest BCUT2D eigenvalue weighted by Crippen LogP contribution is -2.30. The third-order valence-electron chi connectivity index (χ3n) is 3.64. The second kappa shape index (κ2) is 10.6. The van der Waals surface area contributed by atoms with Crippen molar-refractivity contribution in [1.29, 1.82) is 0 Å². The van der Waals surface area contributed by atoms with Crippen LogP contribution >= 0.6 is 11.8 Å². The molecule has 2 rings (SSSR count). The summed E-state index contributed by atoms with van der Waals surface area (Å²) in [7, 11) is 0. The van der Waals surface area contributed by atoms with E-state index in [1.54, 1.807) is 25.1 Å². The van der Waals surface area contributed by atoms with Crippen LogP contribution < -0.4 is 5.32 Å². The van der Waals surface area contributed by atoms with E-state index in [9.17, 15) is 14.0 Å². The molecule has 6 heteroatoms. The van der Waals surface area contributed by atoms with E-state index in [1.807, 2.05) is 30.3 Å². The fourth-order valence-corrected chi connectivity index (χ4v) is 3.29. The normalized spacial score (nSPS) is 11.6. The van der Waals surface area contributed by atoms with Crippen LogP contribution in [0.2, 0.25) is 0 Å². The van der Waals surface area contributed by atoms with E-state index in [4.69, 9.17) is 4.74 Å². The van der Waals surface area contributed by atoms with Gasteiger partial charge in [-0.3, -0.25) is 9.59 Å². The van der Waals surface area contributed by atoms with Crippen molar-refractivity contribution in [2.75, 3.05) is 12.4 Å². The molecule has 26 heavy (non-hydrogen) atoms. The summed E-state index contributed by atoms with van der Waals surface area (Å²) in [6.45, 7) is 2.04. The van der Waals surface area contributed by atoms with Crippen LogP contribution in [0.1, 0.15) is 31.4 Å². The van der Waals surface area contributed by atoms with E-state index in [0.717, 1.165) is 5.56 Å². The van der Waals surface area contributed by atoms with Crippen molar-refractivity contribution in [3.63, 3.8) is 0 Å². The topological polar surface area (TPSA) is 55.4 Å². The molecule has 0 aromatic heterocycles. The van der Waals surface area contributed by atoms with Crippen molar-refractivity contribution >= 4 is 23.6 Å². The molecule has 0 fully saturated rings. The van der Waals surface area contributed by atoms with Crippen LogP contribution in [0.4, 0.5) is 4.39 Å². The van der Waals surface area contributed by atoms with Crippen LogP contribution in [-0.2, 0) is 14.3 Å². The maximum Gasteiger partial charge on any atom is 0.308 e. The summed E-state index contributed by atoms with van der Waals surface area (Å²) in [4.78, 5) is 24.6. The molecule has 138 valence electrons. The van der Waals surface area contributed by atoms with E-state index < -0.39 is 6.04 Å². The quantitative estimate of drug-likeness (QED) is 0.529. The summed E-state index contributed by atoms with van der Waals surface area (Å²) in [5, 5.41) is 2.88. The van der Waals surface area contributed by atoms with Crippen LogP contribution in [0.3, 0.4) is 0 Å². The first kappa shape index (κ1) is 20.0. The molecule has 1 amide bonds. The molecule has 2 aromatic rings. The van der Waals surface area contributed by atoms with Gasteiger partial charge in [0.2, 0.25) is 5.91 Å². The van der Waals surface area contributed by atoms with Crippen LogP contribution in [0.5, 0.6) is 0 Å². The second-order valence-corrected chi connectivity index (χ2v) is 6.71. The molecule has 0 saturated heterocycles. The van der Waals surface area contributed by atoms with Gasteiger partial charge in [0.15, 0.2) is 0 Å². The Morgan fingerprint density at radius 3 is 2.50 bits per heavy atom. The largest absolute Gasteiger partial charge is 0.466 e. The maximum absolute atomic E-state index is 13.6. The van der Waals surface area contributed by atoms with Crippen LogP contribution in [-0.4, -0.2) is 24.2 Å². The van der Waals surface area contributed by atoms with Gasteiger partial charge in [-0.15, -0.1) is 11.8 Å². The molecule has 0 radical (unpaired) electrons. The number of rotatable bonds is 9. The minimum Gasteiger partial charge on any atom is -0.466 e. The number of halogens is 1. The van der Waals surface area contributed by atoms with Crippen molar-refractivity contribution in [3.05, 3.63) is 66.0 Å². The highest BCUT2D eigenvalue weighted by Crippen LogP contribution is 2.22. The average Bonchev–Trinajstić information content (AvgIpc) is 2.64. The first-order chi connectivity index (χ1) is 12.6. The number of carbonyl (C=O) groups is 2. The SMILES string of the molecule is CCOC(=O)CC(NC(=O)CCSc1ccccc1F)c1ccccc1. The molecule has 0 aliphatic rings. The number of benzene rings is 2. The zero-order chi connectivity index (χ0) is 18.8. The number of amides is 1. The monoisotopic (exact) mass is 375 g/mol. The first-order valence-electron chi connectivity index (χ1n) is 8.47. The highest BCUT2D eigenvalue weighted by Gasteiger charge is 2.19. The number of nitrogens with one attached hydrogen (secondary N) is 1. The predicted octanol–water partition coefficient (Wildman–Crippen LogP) is 4.12. The van der Waals surface area contributed by atoms with Crippen molar-refractivity contribution < 1.29 is 18.7 Å². The lowest BCUT2D eigenvalue weighted by atomic mass is 10.0. The average molecular weight is 375 g/mol. The summed E-state index contributed by atoms with van der Waals surface area (Å²) in [5.74, 6) is -0.384.